The third-order valence-corrected chi connectivity index (χ3v) is 5.89. The maximum Gasteiger partial charge on any atom is 0.573 e. The zero-order chi connectivity index (χ0) is 22.3. The zero-order valence-corrected chi connectivity index (χ0v) is 17.6. The fraction of sp³-hybridized carbons (Fsp3) is 0.292. The molecule has 1 fully saturated rings. The van der Waals surface area contributed by atoms with E-state index < -0.39 is 6.36 Å². The minimum Gasteiger partial charge on any atom is -0.406 e. The number of benzene rings is 2. The Kier molecular flexibility index (Phi) is 5.07. The smallest absolute Gasteiger partial charge is 0.406 e. The van der Waals surface area contributed by atoms with E-state index in [1.54, 1.807) is 12.1 Å². The maximum absolute atomic E-state index is 12.5. The van der Waals surface area contributed by atoms with Crippen LogP contribution in [0.25, 0.3) is 17.2 Å². The fourth-order valence-electron chi connectivity index (χ4n) is 4.43. The highest BCUT2D eigenvalue weighted by molar-refractivity contribution is 5.79. The van der Waals surface area contributed by atoms with E-state index in [4.69, 9.17) is 0 Å². The van der Waals surface area contributed by atoms with E-state index in [0.717, 1.165) is 60.9 Å². The van der Waals surface area contributed by atoms with Crippen molar-refractivity contribution >= 4 is 11.8 Å². The number of ether oxygens (including phenoxy) is 1. The Morgan fingerprint density at radius 3 is 2.28 bits per heavy atom. The molecule has 166 valence electrons. The van der Waals surface area contributed by atoms with E-state index in [1.165, 1.54) is 17.8 Å². The van der Waals surface area contributed by atoms with Crippen LogP contribution < -0.4 is 9.64 Å². The number of para-hydroxylation sites is 1. The summed E-state index contributed by atoms with van der Waals surface area (Å²) in [4.78, 5) is 4.75. The minimum absolute atomic E-state index is 0.215. The SMILES string of the molecule is Cc1cc2n(n1)CC(N1CCN(c3ccccc3-c3ccc(OC(F)(F)F)cc3)CC1)=C2. The van der Waals surface area contributed by atoms with Crippen molar-refractivity contribution in [2.24, 2.45) is 0 Å². The van der Waals surface area contributed by atoms with Crippen molar-refractivity contribution in [2.75, 3.05) is 31.1 Å². The van der Waals surface area contributed by atoms with Gasteiger partial charge in [-0.3, -0.25) is 4.68 Å². The van der Waals surface area contributed by atoms with Crippen molar-refractivity contribution < 1.29 is 17.9 Å². The summed E-state index contributed by atoms with van der Waals surface area (Å²) in [6.45, 7) is 6.36. The van der Waals surface area contributed by atoms with Crippen LogP contribution in [0.1, 0.15) is 11.4 Å². The second kappa shape index (κ2) is 7.93. The number of anilines is 1. The average molecular weight is 440 g/mol. The first-order valence-electron chi connectivity index (χ1n) is 10.6. The lowest BCUT2D eigenvalue weighted by Gasteiger charge is -2.38. The number of aryl methyl sites for hydroxylation is 1. The molecule has 0 aliphatic carbocycles. The van der Waals surface area contributed by atoms with Crippen LogP contribution in [0.15, 0.2) is 60.3 Å². The van der Waals surface area contributed by atoms with Crippen molar-refractivity contribution in [3.8, 4) is 16.9 Å². The van der Waals surface area contributed by atoms with Crippen LogP contribution in [0.4, 0.5) is 18.9 Å². The monoisotopic (exact) mass is 440 g/mol. The van der Waals surface area contributed by atoms with E-state index in [-0.39, 0.29) is 5.75 Å². The molecule has 3 aromatic rings. The van der Waals surface area contributed by atoms with Gasteiger partial charge in [-0.15, -0.1) is 13.2 Å². The number of fused-ring (bicyclic) bond motifs is 1. The topological polar surface area (TPSA) is 33.5 Å². The lowest BCUT2D eigenvalue weighted by Crippen LogP contribution is -2.46. The molecule has 3 heterocycles. The number of rotatable bonds is 4. The molecule has 0 spiro atoms. The summed E-state index contributed by atoms with van der Waals surface area (Å²) < 4.78 is 43.4. The molecule has 0 N–H and O–H groups in total. The number of halogens is 3. The number of hydrogen-bond acceptors (Lipinski definition) is 4. The third-order valence-electron chi connectivity index (χ3n) is 5.89. The van der Waals surface area contributed by atoms with E-state index in [0.29, 0.717) is 0 Å². The summed E-state index contributed by atoms with van der Waals surface area (Å²) in [6.07, 6.45) is -2.47. The number of hydrogen-bond donors (Lipinski definition) is 0. The number of aromatic nitrogens is 2. The maximum atomic E-state index is 12.5. The van der Waals surface area contributed by atoms with E-state index in [9.17, 15) is 13.2 Å². The molecule has 0 saturated carbocycles. The fourth-order valence-corrected chi connectivity index (χ4v) is 4.43. The van der Waals surface area contributed by atoms with E-state index in [2.05, 4.69) is 37.8 Å². The highest BCUT2D eigenvalue weighted by atomic mass is 19.4. The second-order valence-corrected chi connectivity index (χ2v) is 8.07. The second-order valence-electron chi connectivity index (χ2n) is 8.07. The first-order chi connectivity index (χ1) is 15.4. The van der Waals surface area contributed by atoms with Gasteiger partial charge in [0, 0.05) is 43.1 Å². The standard InChI is InChI=1S/C24H23F3N4O/c1-17-14-19-15-20(16-31(19)28-17)29-10-12-30(13-11-29)23-5-3-2-4-22(23)18-6-8-21(9-7-18)32-24(25,26)27/h2-9,14-15H,10-13,16H2,1H3. The molecule has 5 nitrogen and oxygen atoms in total. The predicted octanol–water partition coefficient (Wildman–Crippen LogP) is 4.93. The molecule has 0 amide bonds. The number of allylic oxidation sites excluding steroid dienone is 1. The quantitative estimate of drug-likeness (QED) is 0.576. The average Bonchev–Trinajstić information content (AvgIpc) is 3.31. The molecule has 0 atom stereocenters. The van der Waals surface area contributed by atoms with Gasteiger partial charge in [-0.25, -0.2) is 0 Å². The van der Waals surface area contributed by atoms with Gasteiger partial charge in [-0.1, -0.05) is 30.3 Å². The molecule has 1 saturated heterocycles. The highest BCUT2D eigenvalue weighted by Crippen LogP contribution is 2.34. The van der Waals surface area contributed by atoms with Crippen molar-refractivity contribution in [1.29, 1.82) is 0 Å². The van der Waals surface area contributed by atoms with Crippen molar-refractivity contribution in [3.05, 3.63) is 71.7 Å². The summed E-state index contributed by atoms with van der Waals surface area (Å²) in [5.74, 6) is -0.215. The van der Waals surface area contributed by atoms with Crippen molar-refractivity contribution in [3.63, 3.8) is 0 Å². The molecule has 2 aromatic carbocycles. The molecule has 2 aliphatic heterocycles. The molecule has 8 heteroatoms. The Morgan fingerprint density at radius 1 is 0.906 bits per heavy atom. The van der Waals surface area contributed by atoms with Crippen LogP contribution in [-0.2, 0) is 6.54 Å². The number of nitrogens with zero attached hydrogens (tertiary/aromatic N) is 4. The van der Waals surface area contributed by atoms with Gasteiger partial charge in [0.25, 0.3) is 0 Å². The van der Waals surface area contributed by atoms with Gasteiger partial charge in [0.15, 0.2) is 0 Å². The Labute approximate surface area is 184 Å². The minimum atomic E-state index is -4.69. The van der Waals surface area contributed by atoms with Crippen LogP contribution >= 0.6 is 0 Å². The Morgan fingerprint density at radius 2 is 1.59 bits per heavy atom. The summed E-state index contributed by atoms with van der Waals surface area (Å²) in [7, 11) is 0. The van der Waals surface area contributed by atoms with Crippen LogP contribution in [-0.4, -0.2) is 47.2 Å². The normalized spacial score (nSPS) is 16.2. The largest absolute Gasteiger partial charge is 0.573 e. The van der Waals surface area contributed by atoms with Crippen molar-refractivity contribution in [2.45, 2.75) is 19.8 Å². The van der Waals surface area contributed by atoms with Gasteiger partial charge in [0.2, 0.25) is 0 Å². The van der Waals surface area contributed by atoms with E-state index in [1.807, 2.05) is 29.8 Å². The van der Waals surface area contributed by atoms with Crippen LogP contribution in [0.5, 0.6) is 5.75 Å². The summed E-state index contributed by atoms with van der Waals surface area (Å²) in [5, 5.41) is 4.53. The van der Waals surface area contributed by atoms with Crippen LogP contribution in [0.2, 0.25) is 0 Å². The predicted molar refractivity (Wildman–Crippen MR) is 117 cm³/mol. The Hall–Kier alpha value is -3.42. The van der Waals surface area contributed by atoms with Gasteiger partial charge in [-0.2, -0.15) is 5.10 Å². The summed E-state index contributed by atoms with van der Waals surface area (Å²) in [5.41, 5.74) is 6.42. The molecule has 1 aromatic heterocycles. The molecule has 0 bridgehead atoms. The molecule has 2 aliphatic rings. The van der Waals surface area contributed by atoms with Crippen LogP contribution in [0.3, 0.4) is 0 Å². The Bertz CT molecular complexity index is 1140. The van der Waals surface area contributed by atoms with Gasteiger partial charge < -0.3 is 14.5 Å². The molecule has 5 rings (SSSR count). The summed E-state index contributed by atoms with van der Waals surface area (Å²) in [6, 6.07) is 16.2. The van der Waals surface area contributed by atoms with Gasteiger partial charge in [-0.05, 0) is 42.8 Å². The lowest BCUT2D eigenvalue weighted by molar-refractivity contribution is -0.274. The van der Waals surface area contributed by atoms with Crippen molar-refractivity contribution in [1.82, 2.24) is 14.7 Å². The molecular formula is C24H23F3N4O. The highest BCUT2D eigenvalue weighted by Gasteiger charge is 2.31. The van der Waals surface area contributed by atoms with Gasteiger partial charge in [0.05, 0.1) is 17.9 Å². The first kappa shape index (κ1) is 20.5. The first-order valence-corrected chi connectivity index (χ1v) is 10.6. The van der Waals surface area contributed by atoms with Gasteiger partial charge >= 0.3 is 6.36 Å². The number of piperazine rings is 1. The van der Waals surface area contributed by atoms with Crippen LogP contribution in [0, 0.1) is 6.92 Å². The van der Waals surface area contributed by atoms with Gasteiger partial charge in [0.1, 0.15) is 5.75 Å². The molecule has 32 heavy (non-hydrogen) atoms. The zero-order valence-electron chi connectivity index (χ0n) is 17.6. The molecule has 0 unspecified atom stereocenters. The van der Waals surface area contributed by atoms with E-state index >= 15 is 0 Å². The third kappa shape index (κ3) is 4.17. The summed E-state index contributed by atoms with van der Waals surface area (Å²) >= 11 is 0. The molecular weight excluding hydrogens is 417 g/mol. The molecule has 0 radical (unpaired) electrons. The number of alkyl halides is 3. The Balaban J connectivity index is 1.29. The lowest BCUT2D eigenvalue weighted by atomic mass is 10.0.